The van der Waals surface area contributed by atoms with E-state index in [0.717, 1.165) is 50.0 Å². The third kappa shape index (κ3) is 4.16. The highest BCUT2D eigenvalue weighted by molar-refractivity contribution is 5.91. The number of carbonyl (C=O) groups excluding carboxylic acids is 1. The van der Waals surface area contributed by atoms with Crippen LogP contribution >= 0.6 is 0 Å². The summed E-state index contributed by atoms with van der Waals surface area (Å²) in [6.07, 6.45) is 3.02. The fraction of sp³-hybridized carbons (Fsp3) is 0.355. The average Bonchev–Trinajstić information content (AvgIpc) is 3.49. The molecule has 3 aromatic carbocycles. The predicted octanol–water partition coefficient (Wildman–Crippen LogP) is 4.88. The third-order valence-electron chi connectivity index (χ3n) is 8.41. The van der Waals surface area contributed by atoms with E-state index in [9.17, 15) is 4.79 Å². The van der Waals surface area contributed by atoms with E-state index in [1.165, 1.54) is 17.0 Å². The van der Waals surface area contributed by atoms with E-state index in [1.807, 2.05) is 36.4 Å². The summed E-state index contributed by atoms with van der Waals surface area (Å²) in [5, 5.41) is 0. The Labute approximate surface area is 209 Å². The Bertz CT molecular complexity index is 1180. The van der Waals surface area contributed by atoms with Crippen LogP contribution in [0.5, 0.6) is 0 Å². The zero-order valence-corrected chi connectivity index (χ0v) is 20.9. The minimum atomic E-state index is -0.814. The molecule has 0 spiro atoms. The molecule has 0 bridgehead atoms. The second-order valence-electron chi connectivity index (χ2n) is 10.2. The van der Waals surface area contributed by atoms with E-state index in [2.05, 4.69) is 71.9 Å². The number of hydrogen-bond donors (Lipinski definition) is 1. The number of amides is 1. The van der Waals surface area contributed by atoms with Gasteiger partial charge < -0.3 is 5.73 Å². The van der Waals surface area contributed by atoms with Crippen LogP contribution < -0.4 is 5.73 Å². The first-order valence-corrected chi connectivity index (χ1v) is 12.8. The molecule has 35 heavy (non-hydrogen) atoms. The molecule has 4 nitrogen and oxygen atoms in total. The van der Waals surface area contributed by atoms with Gasteiger partial charge in [-0.3, -0.25) is 14.3 Å². The Kier molecular flexibility index (Phi) is 6.46. The van der Waals surface area contributed by atoms with Gasteiger partial charge in [0.05, 0.1) is 6.04 Å². The molecule has 0 saturated heterocycles. The van der Waals surface area contributed by atoms with Crippen LogP contribution in [0, 0.1) is 12.8 Å². The molecule has 1 aliphatic carbocycles. The van der Waals surface area contributed by atoms with E-state index >= 15 is 0 Å². The third-order valence-corrected chi connectivity index (χ3v) is 8.41. The van der Waals surface area contributed by atoms with Crippen molar-refractivity contribution in [2.45, 2.75) is 51.1 Å². The van der Waals surface area contributed by atoms with E-state index < -0.39 is 5.41 Å². The van der Waals surface area contributed by atoms with Gasteiger partial charge in [0, 0.05) is 6.92 Å². The lowest BCUT2D eigenvalue weighted by Crippen LogP contribution is -2.48. The molecule has 1 aliphatic heterocycles. The van der Waals surface area contributed by atoms with Crippen LogP contribution in [0.15, 0.2) is 84.9 Å². The van der Waals surface area contributed by atoms with Crippen LogP contribution in [0.25, 0.3) is 0 Å². The lowest BCUT2D eigenvalue weighted by atomic mass is 9.64. The number of carbonyl (C=O) groups is 1. The van der Waals surface area contributed by atoms with Crippen LogP contribution in [0.4, 0.5) is 0 Å². The summed E-state index contributed by atoms with van der Waals surface area (Å²) in [5.74, 6) is 1.26. The summed E-state index contributed by atoms with van der Waals surface area (Å²) in [6, 6.07) is 29.4. The number of hydrogen-bond acceptors (Lipinski definition) is 2. The summed E-state index contributed by atoms with van der Waals surface area (Å²) in [7, 11) is 0. The van der Waals surface area contributed by atoms with Gasteiger partial charge in [-0.15, -0.1) is 0 Å². The molecule has 180 valence electrons. The maximum atomic E-state index is 13.4. The molecule has 3 aromatic rings. The monoisotopic (exact) mass is 466 g/mol. The van der Waals surface area contributed by atoms with Crippen molar-refractivity contribution in [3.8, 4) is 0 Å². The standard InChI is InChI=1S/C31H35N3O/c1-23-11-9-10-12-25(23)22-33-19-20-34(24(33)2)29-18-17-28(21-29)31(30(32)35,26-13-5-3-6-14-26)27-15-7-4-8-16-27/h3-16,28-29H,17-22H2,1-2H3,(H-,32,35)/p+1. The number of nitrogens with two attached hydrogens (primary N) is 1. The SMILES string of the molecule is CC1=[N+](Cc2ccccc2C)CCN1C1CCC(C(C(N)=O)(c2ccccc2)c2ccccc2)C1. The fourth-order valence-electron chi connectivity index (χ4n) is 6.53. The highest BCUT2D eigenvalue weighted by Gasteiger charge is 2.52. The molecule has 2 atom stereocenters. The molecule has 2 aliphatic rings. The first-order chi connectivity index (χ1) is 17.0. The molecule has 1 amide bonds. The Hall–Kier alpha value is -3.40. The second-order valence-corrected chi connectivity index (χ2v) is 10.2. The number of rotatable bonds is 7. The van der Waals surface area contributed by atoms with Gasteiger partial charge in [0.2, 0.25) is 11.7 Å². The van der Waals surface area contributed by atoms with E-state index in [0.29, 0.717) is 6.04 Å². The van der Waals surface area contributed by atoms with Crippen molar-refractivity contribution in [3.63, 3.8) is 0 Å². The van der Waals surface area contributed by atoms with E-state index in [4.69, 9.17) is 5.73 Å². The fourth-order valence-corrected chi connectivity index (χ4v) is 6.53. The zero-order chi connectivity index (χ0) is 24.4. The van der Waals surface area contributed by atoms with Crippen LogP contribution in [-0.4, -0.2) is 40.3 Å². The summed E-state index contributed by atoms with van der Waals surface area (Å²) >= 11 is 0. The van der Waals surface area contributed by atoms with Crippen molar-refractivity contribution in [2.24, 2.45) is 11.7 Å². The highest BCUT2D eigenvalue weighted by Crippen LogP contribution is 2.48. The molecule has 1 fully saturated rings. The Balaban J connectivity index is 1.44. The molecule has 0 radical (unpaired) electrons. The van der Waals surface area contributed by atoms with Gasteiger partial charge in [0.15, 0.2) is 0 Å². The van der Waals surface area contributed by atoms with Gasteiger partial charge in [-0.1, -0.05) is 84.9 Å². The molecule has 1 saturated carbocycles. The molecule has 4 heteroatoms. The minimum Gasteiger partial charge on any atom is -0.369 e. The van der Waals surface area contributed by atoms with Crippen molar-refractivity contribution >= 4 is 11.7 Å². The highest BCUT2D eigenvalue weighted by atomic mass is 16.1. The first-order valence-electron chi connectivity index (χ1n) is 12.8. The number of nitrogens with zero attached hydrogens (tertiary/aromatic N) is 2. The van der Waals surface area contributed by atoms with Crippen molar-refractivity contribution in [3.05, 3.63) is 107 Å². The predicted molar refractivity (Wildman–Crippen MR) is 141 cm³/mol. The lowest BCUT2D eigenvalue weighted by Gasteiger charge is -2.37. The Morgan fingerprint density at radius 1 is 0.914 bits per heavy atom. The zero-order valence-electron chi connectivity index (χ0n) is 20.9. The first kappa shape index (κ1) is 23.3. The minimum absolute atomic E-state index is 0.160. The Morgan fingerprint density at radius 3 is 2.11 bits per heavy atom. The van der Waals surface area contributed by atoms with Crippen molar-refractivity contribution in [2.75, 3.05) is 13.1 Å². The number of amidine groups is 1. The van der Waals surface area contributed by atoms with Gasteiger partial charge in [-0.05, 0) is 54.4 Å². The summed E-state index contributed by atoms with van der Waals surface area (Å²) in [5.41, 5.74) is 10.2. The van der Waals surface area contributed by atoms with Crippen LogP contribution in [0.3, 0.4) is 0 Å². The molecule has 0 aromatic heterocycles. The summed E-state index contributed by atoms with van der Waals surface area (Å²) in [6.45, 7) is 7.48. The quantitative estimate of drug-likeness (QED) is 0.505. The summed E-state index contributed by atoms with van der Waals surface area (Å²) in [4.78, 5) is 16.0. The summed E-state index contributed by atoms with van der Waals surface area (Å²) < 4.78 is 2.51. The molecule has 1 heterocycles. The Morgan fingerprint density at radius 2 is 1.51 bits per heavy atom. The average molecular weight is 467 g/mol. The number of aryl methyl sites for hydroxylation is 1. The molecule has 2 N–H and O–H groups in total. The van der Waals surface area contributed by atoms with Crippen molar-refractivity contribution in [1.82, 2.24) is 4.90 Å². The van der Waals surface area contributed by atoms with E-state index in [-0.39, 0.29) is 11.8 Å². The van der Waals surface area contributed by atoms with Crippen LogP contribution in [0.2, 0.25) is 0 Å². The molecule has 5 rings (SSSR count). The van der Waals surface area contributed by atoms with Gasteiger partial charge >= 0.3 is 0 Å². The normalized spacial score (nSPS) is 20.5. The smallest absolute Gasteiger partial charge is 0.244 e. The number of benzene rings is 3. The molecule has 2 unspecified atom stereocenters. The van der Waals surface area contributed by atoms with Gasteiger partial charge in [-0.25, -0.2) is 0 Å². The van der Waals surface area contributed by atoms with Gasteiger partial charge in [-0.2, -0.15) is 0 Å². The molecular weight excluding hydrogens is 430 g/mol. The molecular formula is C31H36N3O+. The largest absolute Gasteiger partial charge is 0.369 e. The lowest BCUT2D eigenvalue weighted by molar-refractivity contribution is -0.534. The maximum absolute atomic E-state index is 13.4. The van der Waals surface area contributed by atoms with Crippen molar-refractivity contribution in [1.29, 1.82) is 0 Å². The maximum Gasteiger partial charge on any atom is 0.244 e. The second kappa shape index (κ2) is 9.69. The van der Waals surface area contributed by atoms with Gasteiger partial charge in [0.25, 0.3) is 0 Å². The van der Waals surface area contributed by atoms with Crippen LogP contribution in [0.1, 0.15) is 48.4 Å². The van der Waals surface area contributed by atoms with E-state index in [1.54, 1.807) is 0 Å². The van der Waals surface area contributed by atoms with Gasteiger partial charge in [0.1, 0.15) is 25.0 Å². The van der Waals surface area contributed by atoms with Crippen LogP contribution in [-0.2, 0) is 16.8 Å². The van der Waals surface area contributed by atoms with Crippen molar-refractivity contribution < 1.29 is 9.37 Å². The number of primary amides is 1. The topological polar surface area (TPSA) is 49.3 Å².